The van der Waals surface area contributed by atoms with E-state index >= 15 is 0 Å². The van der Waals surface area contributed by atoms with Gasteiger partial charge in [0.2, 0.25) is 0 Å². The third kappa shape index (κ3) is 3.61. The number of anilines is 1. The number of aliphatic hydroxyl groups is 1. The molecule has 0 saturated carbocycles. The van der Waals surface area contributed by atoms with E-state index < -0.39 is 17.7 Å². The van der Waals surface area contributed by atoms with E-state index in [1.54, 1.807) is 55.6 Å². The number of carbonyl (C=O) groups excluding carboxylic acids is 2. The first-order valence-corrected chi connectivity index (χ1v) is 11.1. The zero-order chi connectivity index (χ0) is 24.7. The number of fused-ring (bicyclic) bond motifs is 1. The van der Waals surface area contributed by atoms with Crippen LogP contribution >= 0.6 is 0 Å². The number of hydrogen-bond donors (Lipinski definition) is 2. The Hall–Kier alpha value is -4.52. The van der Waals surface area contributed by atoms with Crippen LogP contribution < -0.4 is 14.4 Å². The molecule has 1 fully saturated rings. The van der Waals surface area contributed by atoms with Gasteiger partial charge in [0.1, 0.15) is 17.3 Å². The molecule has 3 aromatic carbocycles. The number of H-pyrrole nitrogens is 1. The fourth-order valence-electron chi connectivity index (χ4n) is 4.69. The van der Waals surface area contributed by atoms with E-state index in [1.165, 1.54) is 12.0 Å². The highest BCUT2D eigenvalue weighted by Crippen LogP contribution is 2.46. The molecule has 1 unspecified atom stereocenters. The number of hydrogen-bond acceptors (Lipinski definition) is 5. The molecule has 0 aliphatic carbocycles. The number of carbonyl (C=O) groups is 2. The molecule has 1 atom stereocenters. The van der Waals surface area contributed by atoms with Crippen molar-refractivity contribution in [1.29, 1.82) is 0 Å². The summed E-state index contributed by atoms with van der Waals surface area (Å²) >= 11 is 0. The first kappa shape index (κ1) is 22.3. The highest BCUT2D eigenvalue weighted by Gasteiger charge is 2.48. The van der Waals surface area contributed by atoms with Gasteiger partial charge in [-0.05, 0) is 49.4 Å². The SMILES string of the molecule is COc1ccc(/C(O)=C2\C(=O)C(=O)N(c3cccc(OC)c3)C2c2c(C)[nH]c3ccccc23)cc1. The summed E-state index contributed by atoms with van der Waals surface area (Å²) in [5, 5.41) is 12.2. The van der Waals surface area contributed by atoms with Crippen molar-refractivity contribution in [3.05, 3.63) is 95.2 Å². The van der Waals surface area contributed by atoms with E-state index in [-0.39, 0.29) is 11.3 Å². The number of nitrogens with zero attached hydrogens (tertiary/aromatic N) is 1. The highest BCUT2D eigenvalue weighted by molar-refractivity contribution is 6.52. The Morgan fingerprint density at radius 2 is 1.63 bits per heavy atom. The van der Waals surface area contributed by atoms with Gasteiger partial charge < -0.3 is 19.6 Å². The van der Waals surface area contributed by atoms with E-state index in [1.807, 2.05) is 31.2 Å². The summed E-state index contributed by atoms with van der Waals surface area (Å²) in [5.74, 6) is -0.554. The largest absolute Gasteiger partial charge is 0.507 e. The zero-order valence-corrected chi connectivity index (χ0v) is 19.5. The molecule has 1 aromatic heterocycles. The van der Waals surface area contributed by atoms with Gasteiger partial charge in [-0.3, -0.25) is 14.5 Å². The van der Waals surface area contributed by atoms with Gasteiger partial charge in [-0.2, -0.15) is 0 Å². The molecule has 4 aromatic rings. The number of Topliss-reactive ketones (excluding diaryl/α,β-unsaturated/α-hetero) is 1. The number of amides is 1. The molecule has 0 spiro atoms. The van der Waals surface area contributed by atoms with Gasteiger partial charge in [-0.25, -0.2) is 0 Å². The van der Waals surface area contributed by atoms with Gasteiger partial charge in [0.25, 0.3) is 11.7 Å². The molecule has 176 valence electrons. The average molecular weight is 469 g/mol. The lowest BCUT2D eigenvalue weighted by Gasteiger charge is -2.26. The van der Waals surface area contributed by atoms with E-state index in [0.29, 0.717) is 22.7 Å². The van der Waals surface area contributed by atoms with Crippen molar-refractivity contribution in [1.82, 2.24) is 4.98 Å². The minimum absolute atomic E-state index is 0.0239. The third-order valence-electron chi connectivity index (χ3n) is 6.36. The summed E-state index contributed by atoms with van der Waals surface area (Å²) in [7, 11) is 3.09. The summed E-state index contributed by atoms with van der Waals surface area (Å²) in [6.07, 6.45) is 0. The van der Waals surface area contributed by atoms with Crippen LogP contribution in [0.25, 0.3) is 16.7 Å². The van der Waals surface area contributed by atoms with E-state index in [0.717, 1.165) is 22.2 Å². The second-order valence-electron chi connectivity index (χ2n) is 8.31. The van der Waals surface area contributed by atoms with Crippen LogP contribution in [0.4, 0.5) is 5.69 Å². The van der Waals surface area contributed by atoms with Gasteiger partial charge >= 0.3 is 0 Å². The van der Waals surface area contributed by atoms with Crippen molar-refractivity contribution in [3.8, 4) is 11.5 Å². The van der Waals surface area contributed by atoms with Crippen LogP contribution in [0, 0.1) is 6.92 Å². The van der Waals surface area contributed by atoms with Gasteiger partial charge in [0, 0.05) is 39.5 Å². The van der Waals surface area contributed by atoms with E-state index in [4.69, 9.17) is 9.47 Å². The van der Waals surface area contributed by atoms with Crippen LogP contribution in [0.15, 0.2) is 78.4 Å². The molecule has 1 aliphatic heterocycles. The molecule has 1 aliphatic rings. The van der Waals surface area contributed by atoms with Crippen molar-refractivity contribution >= 4 is 34.0 Å². The molecule has 7 heteroatoms. The highest BCUT2D eigenvalue weighted by atomic mass is 16.5. The minimum Gasteiger partial charge on any atom is -0.507 e. The number of aromatic nitrogens is 1. The first-order valence-electron chi connectivity index (χ1n) is 11.1. The van der Waals surface area contributed by atoms with Crippen molar-refractivity contribution < 1.29 is 24.2 Å². The molecule has 2 heterocycles. The summed E-state index contributed by atoms with van der Waals surface area (Å²) in [6, 6.07) is 20.5. The Morgan fingerprint density at radius 1 is 0.914 bits per heavy atom. The summed E-state index contributed by atoms with van der Waals surface area (Å²) < 4.78 is 10.6. The van der Waals surface area contributed by atoms with Crippen LogP contribution in [-0.4, -0.2) is 36.0 Å². The number of aliphatic hydroxyl groups excluding tert-OH is 1. The Morgan fingerprint density at radius 3 is 2.34 bits per heavy atom. The van der Waals surface area contributed by atoms with Gasteiger partial charge in [-0.15, -0.1) is 0 Å². The Labute approximate surface area is 202 Å². The lowest BCUT2D eigenvalue weighted by atomic mass is 9.93. The van der Waals surface area contributed by atoms with Crippen molar-refractivity contribution in [2.45, 2.75) is 13.0 Å². The summed E-state index contributed by atoms with van der Waals surface area (Å²) in [4.78, 5) is 31.7. The number of ketones is 1. The van der Waals surface area contributed by atoms with Crippen LogP contribution in [0.2, 0.25) is 0 Å². The number of aryl methyl sites for hydroxylation is 1. The Bertz CT molecular complexity index is 1480. The number of benzene rings is 3. The second-order valence-corrected chi connectivity index (χ2v) is 8.31. The lowest BCUT2D eigenvalue weighted by Crippen LogP contribution is -2.29. The quantitative estimate of drug-likeness (QED) is 0.241. The molecule has 2 N–H and O–H groups in total. The summed E-state index contributed by atoms with van der Waals surface area (Å²) in [6.45, 7) is 1.90. The molecule has 1 amide bonds. The minimum atomic E-state index is -0.847. The predicted molar refractivity (Wildman–Crippen MR) is 134 cm³/mol. The smallest absolute Gasteiger partial charge is 0.300 e. The standard InChI is InChI=1S/C28H24N2O5/c1-16-23(21-9-4-5-10-22(21)29-16)25-24(26(31)17-11-13-19(34-2)14-12-17)27(32)28(33)30(25)18-7-6-8-20(15-18)35-3/h4-15,25,29,31H,1-3H3/b26-24+. The zero-order valence-electron chi connectivity index (χ0n) is 19.5. The normalized spacial score (nSPS) is 17.2. The number of ether oxygens (including phenoxy) is 2. The average Bonchev–Trinajstić information content (AvgIpc) is 3.35. The van der Waals surface area contributed by atoms with Crippen LogP contribution in [0.3, 0.4) is 0 Å². The van der Waals surface area contributed by atoms with Gasteiger partial charge in [-0.1, -0.05) is 24.3 Å². The maximum Gasteiger partial charge on any atom is 0.300 e. The van der Waals surface area contributed by atoms with E-state index in [9.17, 15) is 14.7 Å². The molecule has 7 nitrogen and oxygen atoms in total. The molecule has 0 radical (unpaired) electrons. The molecule has 0 bridgehead atoms. The van der Waals surface area contributed by atoms with E-state index in [2.05, 4.69) is 4.98 Å². The maximum atomic E-state index is 13.5. The van der Waals surface area contributed by atoms with Crippen LogP contribution in [0.1, 0.15) is 22.9 Å². The third-order valence-corrected chi connectivity index (χ3v) is 6.36. The second kappa shape index (κ2) is 8.68. The fourth-order valence-corrected chi connectivity index (χ4v) is 4.69. The van der Waals surface area contributed by atoms with Crippen LogP contribution in [0.5, 0.6) is 11.5 Å². The van der Waals surface area contributed by atoms with Crippen molar-refractivity contribution in [2.24, 2.45) is 0 Å². The molecule has 35 heavy (non-hydrogen) atoms. The molecular formula is C28H24N2O5. The predicted octanol–water partition coefficient (Wildman–Crippen LogP) is 5.12. The monoisotopic (exact) mass is 468 g/mol. The molecule has 1 saturated heterocycles. The van der Waals surface area contributed by atoms with Crippen molar-refractivity contribution in [3.63, 3.8) is 0 Å². The van der Waals surface area contributed by atoms with Gasteiger partial charge in [0.15, 0.2) is 0 Å². The lowest BCUT2D eigenvalue weighted by molar-refractivity contribution is -0.132. The molecular weight excluding hydrogens is 444 g/mol. The first-order chi connectivity index (χ1) is 16.9. The topological polar surface area (TPSA) is 91.9 Å². The number of rotatable bonds is 5. The maximum absolute atomic E-state index is 13.5. The van der Waals surface area contributed by atoms with Crippen LogP contribution in [-0.2, 0) is 9.59 Å². The number of aromatic amines is 1. The van der Waals surface area contributed by atoms with Crippen molar-refractivity contribution in [2.75, 3.05) is 19.1 Å². The summed E-state index contributed by atoms with van der Waals surface area (Å²) in [5.41, 5.74) is 3.35. The molecule has 5 rings (SSSR count). The number of para-hydroxylation sites is 1. The Kier molecular flexibility index (Phi) is 5.53. The number of methoxy groups -OCH3 is 2. The van der Waals surface area contributed by atoms with Gasteiger partial charge in [0.05, 0.1) is 25.8 Å². The fraction of sp³-hybridized carbons (Fsp3) is 0.143. The number of nitrogens with one attached hydrogen (secondary N) is 1. The Balaban J connectivity index is 1.79.